The Morgan fingerprint density at radius 3 is 2.21 bits per heavy atom. The number of ether oxygens (including phenoxy) is 4. The Morgan fingerprint density at radius 2 is 1.67 bits per heavy atom. The maximum atomic E-state index is 13.3. The summed E-state index contributed by atoms with van der Waals surface area (Å²) in [6.07, 6.45) is 0. The van der Waals surface area contributed by atoms with Crippen LogP contribution in [0, 0.1) is 15.9 Å². The van der Waals surface area contributed by atoms with Gasteiger partial charge in [-0.2, -0.15) is 4.39 Å². The number of nitrogens with zero attached hydrogens (tertiary/aromatic N) is 1. The van der Waals surface area contributed by atoms with Crippen LogP contribution in [0.15, 0.2) is 30.3 Å². The van der Waals surface area contributed by atoms with Gasteiger partial charge in [-0.1, -0.05) is 0 Å². The van der Waals surface area contributed by atoms with Crippen molar-refractivity contribution in [3.8, 4) is 17.2 Å². The summed E-state index contributed by atoms with van der Waals surface area (Å²) >= 11 is 0. The Kier molecular flexibility index (Phi) is 8.49. The van der Waals surface area contributed by atoms with Crippen LogP contribution in [0.2, 0.25) is 0 Å². The number of carbonyl (C=O) groups is 3. The average Bonchev–Trinajstić information content (AvgIpc) is 2.80. The van der Waals surface area contributed by atoms with E-state index in [2.05, 4.69) is 10.6 Å². The highest BCUT2D eigenvalue weighted by molar-refractivity contribution is 5.97. The SMILES string of the molecule is COc1cc(C(=O)NCC(=O)OCC(=O)Nc2ccc(F)c([N+](=O)[O-])c2)cc(OC)c1OC. The van der Waals surface area contributed by atoms with E-state index in [0.717, 1.165) is 18.2 Å². The lowest BCUT2D eigenvalue weighted by Crippen LogP contribution is -2.32. The standard InChI is InChI=1S/C20H20FN3O9/c1-30-15-6-11(7-16(31-2)19(15)32-3)20(27)22-9-18(26)33-10-17(25)23-12-4-5-13(21)14(8-12)24(28)29/h4-8H,9-10H2,1-3H3,(H,22,27)(H,23,25). The maximum Gasteiger partial charge on any atom is 0.325 e. The fraction of sp³-hybridized carbons (Fsp3) is 0.250. The lowest BCUT2D eigenvalue weighted by atomic mass is 10.1. The van der Waals surface area contributed by atoms with Crippen molar-refractivity contribution in [3.05, 3.63) is 51.8 Å². The van der Waals surface area contributed by atoms with Crippen molar-refractivity contribution in [3.63, 3.8) is 0 Å². The summed E-state index contributed by atoms with van der Waals surface area (Å²) < 4.78 is 33.6. The van der Waals surface area contributed by atoms with Crippen molar-refractivity contribution < 1.29 is 42.6 Å². The Morgan fingerprint density at radius 1 is 1.03 bits per heavy atom. The van der Waals surface area contributed by atoms with E-state index in [0.29, 0.717) is 0 Å². The van der Waals surface area contributed by atoms with Gasteiger partial charge in [-0.25, -0.2) is 0 Å². The lowest BCUT2D eigenvalue weighted by molar-refractivity contribution is -0.387. The van der Waals surface area contributed by atoms with E-state index >= 15 is 0 Å². The number of nitrogens with one attached hydrogen (secondary N) is 2. The van der Waals surface area contributed by atoms with Crippen LogP contribution in [0.25, 0.3) is 0 Å². The summed E-state index contributed by atoms with van der Waals surface area (Å²) in [5.41, 5.74) is -0.757. The minimum atomic E-state index is -1.06. The molecule has 13 heteroatoms. The summed E-state index contributed by atoms with van der Waals surface area (Å²) in [6, 6.07) is 5.53. The molecule has 0 fully saturated rings. The molecular weight excluding hydrogens is 445 g/mol. The third kappa shape index (κ3) is 6.53. The second-order valence-electron chi connectivity index (χ2n) is 6.23. The zero-order valence-electron chi connectivity index (χ0n) is 17.8. The van der Waals surface area contributed by atoms with E-state index in [1.807, 2.05) is 0 Å². The smallest absolute Gasteiger partial charge is 0.325 e. The molecule has 0 aliphatic carbocycles. The number of anilines is 1. The predicted molar refractivity (Wildman–Crippen MR) is 111 cm³/mol. The number of methoxy groups -OCH3 is 3. The van der Waals surface area contributed by atoms with Gasteiger partial charge in [-0.3, -0.25) is 24.5 Å². The molecule has 0 radical (unpaired) electrons. The molecule has 12 nitrogen and oxygen atoms in total. The third-order valence-electron chi connectivity index (χ3n) is 4.11. The van der Waals surface area contributed by atoms with Gasteiger partial charge in [0, 0.05) is 17.3 Å². The van der Waals surface area contributed by atoms with Crippen LogP contribution in [0.5, 0.6) is 17.2 Å². The predicted octanol–water partition coefficient (Wildman–Crippen LogP) is 1.67. The van der Waals surface area contributed by atoms with E-state index in [1.165, 1.54) is 33.5 Å². The Bertz CT molecular complexity index is 1050. The first-order valence-corrected chi connectivity index (χ1v) is 9.17. The fourth-order valence-corrected chi connectivity index (χ4v) is 2.59. The van der Waals surface area contributed by atoms with Crippen molar-refractivity contribution in [2.24, 2.45) is 0 Å². The molecule has 2 rings (SSSR count). The first-order chi connectivity index (χ1) is 15.7. The molecule has 0 aromatic heterocycles. The zero-order valence-corrected chi connectivity index (χ0v) is 17.8. The number of amides is 2. The number of benzene rings is 2. The molecule has 0 spiro atoms. The molecule has 0 heterocycles. The quantitative estimate of drug-likeness (QED) is 0.303. The Hall–Kier alpha value is -4.42. The molecule has 176 valence electrons. The van der Waals surface area contributed by atoms with Gasteiger partial charge in [0.2, 0.25) is 11.6 Å². The van der Waals surface area contributed by atoms with Crippen molar-refractivity contribution in [1.82, 2.24) is 5.32 Å². The molecule has 0 saturated heterocycles. The third-order valence-corrected chi connectivity index (χ3v) is 4.11. The van der Waals surface area contributed by atoms with E-state index in [1.54, 1.807) is 0 Å². The van der Waals surface area contributed by atoms with Crippen LogP contribution in [-0.4, -0.2) is 57.2 Å². The average molecular weight is 465 g/mol. The molecule has 0 aliphatic heterocycles. The second-order valence-corrected chi connectivity index (χ2v) is 6.23. The molecule has 33 heavy (non-hydrogen) atoms. The molecule has 0 aliphatic rings. The minimum Gasteiger partial charge on any atom is -0.493 e. The molecular formula is C20H20FN3O9. The molecule has 0 saturated carbocycles. The van der Waals surface area contributed by atoms with Gasteiger partial charge in [0.25, 0.3) is 11.8 Å². The van der Waals surface area contributed by atoms with Crippen molar-refractivity contribution in [1.29, 1.82) is 0 Å². The van der Waals surface area contributed by atoms with Crippen LogP contribution < -0.4 is 24.8 Å². The highest BCUT2D eigenvalue weighted by atomic mass is 19.1. The lowest BCUT2D eigenvalue weighted by Gasteiger charge is -2.14. The van der Waals surface area contributed by atoms with Gasteiger partial charge in [0.15, 0.2) is 18.1 Å². The summed E-state index contributed by atoms with van der Waals surface area (Å²) in [5.74, 6) is -2.68. The van der Waals surface area contributed by atoms with Crippen LogP contribution in [0.4, 0.5) is 15.8 Å². The largest absolute Gasteiger partial charge is 0.493 e. The van der Waals surface area contributed by atoms with E-state index in [4.69, 9.17) is 18.9 Å². The van der Waals surface area contributed by atoms with E-state index < -0.39 is 47.4 Å². The second kappa shape index (κ2) is 11.3. The van der Waals surface area contributed by atoms with Gasteiger partial charge in [0.05, 0.1) is 26.3 Å². The fourth-order valence-electron chi connectivity index (χ4n) is 2.59. The summed E-state index contributed by atoms with van der Waals surface area (Å²) in [4.78, 5) is 45.8. The van der Waals surface area contributed by atoms with Crippen LogP contribution >= 0.6 is 0 Å². The van der Waals surface area contributed by atoms with Gasteiger partial charge in [0.1, 0.15) is 6.54 Å². The van der Waals surface area contributed by atoms with Crippen LogP contribution in [-0.2, 0) is 14.3 Å². The molecule has 2 aromatic carbocycles. The molecule has 2 amide bonds. The first-order valence-electron chi connectivity index (χ1n) is 9.17. The summed E-state index contributed by atoms with van der Waals surface area (Å²) in [5, 5.41) is 15.3. The van der Waals surface area contributed by atoms with Crippen molar-refractivity contribution in [2.75, 3.05) is 39.8 Å². The van der Waals surface area contributed by atoms with Gasteiger partial charge < -0.3 is 29.6 Å². The molecule has 2 N–H and O–H groups in total. The number of rotatable bonds is 10. The molecule has 2 aromatic rings. The highest BCUT2D eigenvalue weighted by Gasteiger charge is 2.19. The number of carbonyl (C=O) groups excluding carboxylic acids is 3. The number of esters is 1. The molecule has 0 bridgehead atoms. The number of nitro benzene ring substituents is 1. The topological polar surface area (TPSA) is 155 Å². The zero-order chi connectivity index (χ0) is 24.5. The van der Waals surface area contributed by atoms with Crippen LogP contribution in [0.1, 0.15) is 10.4 Å². The summed E-state index contributed by atoms with van der Waals surface area (Å²) in [7, 11) is 4.17. The van der Waals surface area contributed by atoms with Gasteiger partial charge in [-0.05, 0) is 24.3 Å². The molecule has 0 atom stereocenters. The Labute approximate surface area is 186 Å². The van der Waals surface area contributed by atoms with Crippen LogP contribution in [0.3, 0.4) is 0 Å². The molecule has 0 unspecified atom stereocenters. The maximum absolute atomic E-state index is 13.3. The van der Waals surface area contributed by atoms with Crippen molar-refractivity contribution in [2.45, 2.75) is 0 Å². The number of halogens is 1. The summed E-state index contributed by atoms with van der Waals surface area (Å²) in [6.45, 7) is -1.28. The first kappa shape index (κ1) is 24.8. The number of nitro groups is 1. The van der Waals surface area contributed by atoms with Gasteiger partial charge in [-0.15, -0.1) is 0 Å². The van der Waals surface area contributed by atoms with E-state index in [-0.39, 0.29) is 28.5 Å². The Balaban J connectivity index is 1.89. The number of hydrogen-bond donors (Lipinski definition) is 2. The van der Waals surface area contributed by atoms with Crippen molar-refractivity contribution >= 4 is 29.2 Å². The highest BCUT2D eigenvalue weighted by Crippen LogP contribution is 2.38. The van der Waals surface area contributed by atoms with Gasteiger partial charge >= 0.3 is 11.7 Å². The van der Waals surface area contributed by atoms with E-state index in [9.17, 15) is 28.9 Å². The minimum absolute atomic E-state index is 0.0557. The number of hydrogen-bond acceptors (Lipinski definition) is 9. The monoisotopic (exact) mass is 465 g/mol. The normalized spacial score (nSPS) is 10.1.